The third kappa shape index (κ3) is 2.71. The second kappa shape index (κ2) is 5.16. The van der Waals surface area contributed by atoms with Gasteiger partial charge < -0.3 is 5.32 Å². The van der Waals surface area contributed by atoms with Crippen LogP contribution in [0, 0.1) is 16.7 Å². The first-order chi connectivity index (χ1) is 7.14. The number of hydrogen-bond donors (Lipinski definition) is 1. The number of nitrogens with zero attached hydrogens (tertiary/aromatic N) is 1. The quantitative estimate of drug-likeness (QED) is 0.754. The molecule has 0 aromatic rings. The van der Waals surface area contributed by atoms with Crippen LogP contribution < -0.4 is 5.32 Å². The Balaban J connectivity index is 2.38. The Morgan fingerprint density at radius 3 is 2.67 bits per heavy atom. The van der Waals surface area contributed by atoms with Crippen molar-refractivity contribution in [3.8, 4) is 6.07 Å². The van der Waals surface area contributed by atoms with Gasteiger partial charge in [0.1, 0.15) is 5.41 Å². The molecule has 0 saturated heterocycles. The zero-order valence-electron chi connectivity index (χ0n) is 9.68. The van der Waals surface area contributed by atoms with E-state index in [1.54, 1.807) is 0 Å². The summed E-state index contributed by atoms with van der Waals surface area (Å²) in [4.78, 5) is 11.8. The van der Waals surface area contributed by atoms with Gasteiger partial charge in [-0.3, -0.25) is 4.79 Å². The predicted octanol–water partition coefficient (Wildman–Crippen LogP) is 2.38. The molecule has 1 amide bonds. The highest BCUT2D eigenvalue weighted by molar-refractivity contribution is 5.86. The van der Waals surface area contributed by atoms with E-state index >= 15 is 0 Å². The number of hydrogen-bond acceptors (Lipinski definition) is 2. The lowest BCUT2D eigenvalue weighted by Gasteiger charge is -2.34. The summed E-state index contributed by atoms with van der Waals surface area (Å²) in [5, 5.41) is 11.9. The Labute approximate surface area is 91.9 Å². The van der Waals surface area contributed by atoms with Crippen LogP contribution in [-0.2, 0) is 4.79 Å². The minimum atomic E-state index is -0.694. The van der Waals surface area contributed by atoms with Gasteiger partial charge in [-0.05, 0) is 32.6 Å². The van der Waals surface area contributed by atoms with Gasteiger partial charge in [0.25, 0.3) is 0 Å². The van der Waals surface area contributed by atoms with Gasteiger partial charge in [0.2, 0.25) is 5.91 Å². The molecule has 15 heavy (non-hydrogen) atoms. The van der Waals surface area contributed by atoms with Crippen LogP contribution >= 0.6 is 0 Å². The Morgan fingerprint density at radius 1 is 1.60 bits per heavy atom. The topological polar surface area (TPSA) is 52.9 Å². The molecule has 0 aromatic carbocycles. The molecule has 3 nitrogen and oxygen atoms in total. The zero-order chi connectivity index (χ0) is 11.3. The van der Waals surface area contributed by atoms with E-state index in [1.807, 2.05) is 6.92 Å². The van der Waals surface area contributed by atoms with Crippen molar-refractivity contribution >= 4 is 5.91 Å². The van der Waals surface area contributed by atoms with E-state index in [1.165, 1.54) is 0 Å². The van der Waals surface area contributed by atoms with Crippen molar-refractivity contribution in [3.05, 3.63) is 0 Å². The molecule has 1 unspecified atom stereocenters. The van der Waals surface area contributed by atoms with Gasteiger partial charge in [-0.25, -0.2) is 0 Å². The Hall–Kier alpha value is -1.04. The van der Waals surface area contributed by atoms with E-state index in [0.717, 1.165) is 38.5 Å². The highest BCUT2D eigenvalue weighted by atomic mass is 16.2. The highest BCUT2D eigenvalue weighted by Gasteiger charge is 2.44. The monoisotopic (exact) mass is 208 g/mol. The molecule has 1 fully saturated rings. The maximum Gasteiger partial charge on any atom is 0.240 e. The number of rotatable bonds is 5. The lowest BCUT2D eigenvalue weighted by atomic mass is 9.69. The van der Waals surface area contributed by atoms with Crippen LogP contribution in [0.4, 0.5) is 0 Å². The highest BCUT2D eigenvalue weighted by Crippen LogP contribution is 2.40. The molecule has 1 rings (SSSR count). The van der Waals surface area contributed by atoms with Crippen LogP contribution in [0.25, 0.3) is 0 Å². The van der Waals surface area contributed by atoms with Crippen LogP contribution in [0.3, 0.4) is 0 Å². The molecule has 1 saturated carbocycles. The molecule has 0 bridgehead atoms. The minimum Gasteiger partial charge on any atom is -0.352 e. The van der Waals surface area contributed by atoms with Crippen molar-refractivity contribution in [2.75, 3.05) is 0 Å². The first-order valence-electron chi connectivity index (χ1n) is 5.87. The minimum absolute atomic E-state index is 0.0557. The van der Waals surface area contributed by atoms with Crippen LogP contribution in [-0.4, -0.2) is 11.9 Å². The largest absolute Gasteiger partial charge is 0.352 e. The SMILES string of the molecule is CCCCC(C)NC(=O)C1(C#N)CCC1. The second-order valence-electron chi connectivity index (χ2n) is 4.56. The Bertz CT molecular complexity index is 263. The molecule has 3 heteroatoms. The number of nitrogens with one attached hydrogen (secondary N) is 1. The van der Waals surface area contributed by atoms with Crippen molar-refractivity contribution in [2.24, 2.45) is 5.41 Å². The van der Waals surface area contributed by atoms with Gasteiger partial charge in [-0.1, -0.05) is 19.8 Å². The number of amides is 1. The van der Waals surface area contributed by atoms with Crippen molar-refractivity contribution < 1.29 is 4.79 Å². The van der Waals surface area contributed by atoms with E-state index in [4.69, 9.17) is 5.26 Å². The van der Waals surface area contributed by atoms with Crippen molar-refractivity contribution in [1.82, 2.24) is 5.32 Å². The molecular weight excluding hydrogens is 188 g/mol. The van der Waals surface area contributed by atoms with E-state index < -0.39 is 5.41 Å². The molecule has 1 aliphatic carbocycles. The van der Waals surface area contributed by atoms with Gasteiger partial charge in [0, 0.05) is 6.04 Å². The van der Waals surface area contributed by atoms with E-state index in [9.17, 15) is 4.79 Å². The molecular formula is C12H20N2O. The van der Waals surface area contributed by atoms with Gasteiger partial charge in [-0.2, -0.15) is 5.26 Å². The summed E-state index contributed by atoms with van der Waals surface area (Å²) < 4.78 is 0. The molecule has 1 atom stereocenters. The summed E-state index contributed by atoms with van der Waals surface area (Å²) in [5.74, 6) is -0.0557. The molecule has 1 aliphatic rings. The molecule has 84 valence electrons. The number of carbonyl (C=O) groups excluding carboxylic acids is 1. The van der Waals surface area contributed by atoms with Gasteiger partial charge in [0.15, 0.2) is 0 Å². The van der Waals surface area contributed by atoms with Gasteiger partial charge in [0.05, 0.1) is 6.07 Å². The van der Waals surface area contributed by atoms with Crippen molar-refractivity contribution in [1.29, 1.82) is 5.26 Å². The lowest BCUT2D eigenvalue weighted by Crippen LogP contribution is -2.47. The van der Waals surface area contributed by atoms with Crippen molar-refractivity contribution in [3.63, 3.8) is 0 Å². The Kier molecular flexibility index (Phi) is 4.14. The smallest absolute Gasteiger partial charge is 0.240 e. The average molecular weight is 208 g/mol. The fourth-order valence-electron chi connectivity index (χ4n) is 1.86. The van der Waals surface area contributed by atoms with Crippen LogP contribution in [0.15, 0.2) is 0 Å². The lowest BCUT2D eigenvalue weighted by molar-refractivity contribution is -0.132. The van der Waals surface area contributed by atoms with E-state index in [2.05, 4.69) is 18.3 Å². The number of carbonyl (C=O) groups is 1. The number of unbranched alkanes of at least 4 members (excludes halogenated alkanes) is 1. The Morgan fingerprint density at radius 2 is 2.27 bits per heavy atom. The zero-order valence-corrected chi connectivity index (χ0v) is 9.68. The molecule has 0 spiro atoms. The van der Waals surface area contributed by atoms with Gasteiger partial charge >= 0.3 is 0 Å². The first kappa shape index (κ1) is 12.0. The molecule has 1 N–H and O–H groups in total. The molecule has 0 radical (unpaired) electrons. The molecule has 0 aliphatic heterocycles. The molecule has 0 heterocycles. The summed E-state index contributed by atoms with van der Waals surface area (Å²) in [6, 6.07) is 2.36. The second-order valence-corrected chi connectivity index (χ2v) is 4.56. The van der Waals surface area contributed by atoms with Crippen LogP contribution in [0.5, 0.6) is 0 Å². The summed E-state index contributed by atoms with van der Waals surface area (Å²) in [6.45, 7) is 4.15. The maximum absolute atomic E-state index is 11.8. The standard InChI is InChI=1S/C12H20N2O/c1-3-4-6-10(2)14-11(15)12(9-13)7-5-8-12/h10H,3-8H2,1-2H3,(H,14,15). The van der Waals surface area contributed by atoms with Crippen LogP contribution in [0.2, 0.25) is 0 Å². The summed E-state index contributed by atoms with van der Waals surface area (Å²) in [5.41, 5.74) is -0.694. The third-order valence-electron chi connectivity index (χ3n) is 3.22. The fourth-order valence-corrected chi connectivity index (χ4v) is 1.86. The number of nitriles is 1. The molecule has 0 aromatic heterocycles. The summed E-state index contributed by atoms with van der Waals surface area (Å²) in [7, 11) is 0. The van der Waals surface area contributed by atoms with E-state index in [-0.39, 0.29) is 11.9 Å². The predicted molar refractivity (Wildman–Crippen MR) is 59.0 cm³/mol. The van der Waals surface area contributed by atoms with Crippen LogP contribution in [0.1, 0.15) is 52.4 Å². The van der Waals surface area contributed by atoms with E-state index in [0.29, 0.717) is 0 Å². The summed E-state index contributed by atoms with van der Waals surface area (Å²) in [6.07, 6.45) is 5.74. The first-order valence-corrected chi connectivity index (χ1v) is 5.87. The fraction of sp³-hybridized carbons (Fsp3) is 0.833. The maximum atomic E-state index is 11.8. The van der Waals surface area contributed by atoms with Gasteiger partial charge in [-0.15, -0.1) is 0 Å². The normalized spacial score (nSPS) is 19.8. The van der Waals surface area contributed by atoms with Crippen molar-refractivity contribution in [2.45, 2.75) is 58.4 Å². The third-order valence-corrected chi connectivity index (χ3v) is 3.22. The summed E-state index contributed by atoms with van der Waals surface area (Å²) >= 11 is 0. The average Bonchev–Trinajstić information content (AvgIpc) is 2.13.